The molecule has 0 radical (unpaired) electrons. The van der Waals surface area contributed by atoms with Crippen molar-refractivity contribution in [1.29, 1.82) is 0 Å². The normalized spacial score (nSPS) is 12.8. The maximum absolute atomic E-state index is 11.6. The predicted molar refractivity (Wildman–Crippen MR) is 169 cm³/mol. The summed E-state index contributed by atoms with van der Waals surface area (Å²) in [4.78, 5) is 0. The molecular weight excluding hydrogens is 488 g/mol. The van der Waals surface area contributed by atoms with Gasteiger partial charge in [-0.25, -0.2) is 0 Å². The summed E-state index contributed by atoms with van der Waals surface area (Å²) in [5, 5.41) is 32.7. The number of hydrogen-bond acceptors (Lipinski definition) is 2. The van der Waals surface area contributed by atoms with Gasteiger partial charge in [0, 0.05) is 0 Å². The van der Waals surface area contributed by atoms with Crippen molar-refractivity contribution in [2.75, 3.05) is 0 Å². The van der Waals surface area contributed by atoms with Crippen LogP contribution in [0.4, 0.5) is 0 Å². The van der Waals surface area contributed by atoms with E-state index in [1.54, 1.807) is 0 Å². The third-order valence-electron chi connectivity index (χ3n) is 8.37. The van der Waals surface area contributed by atoms with Crippen LogP contribution >= 0.6 is 0 Å². The minimum Gasteiger partial charge on any atom is -0.386 e. The van der Waals surface area contributed by atoms with E-state index in [-0.39, 0.29) is 0 Å². The lowest BCUT2D eigenvalue weighted by molar-refractivity contribution is 0.0753. The molecule has 196 valence electrons. The molecule has 0 heterocycles. The fraction of sp³-hybridized carbons (Fsp3) is 0.158. The van der Waals surface area contributed by atoms with Gasteiger partial charge in [-0.05, 0) is 116 Å². The summed E-state index contributed by atoms with van der Waals surface area (Å²) in [6.45, 7) is 7.38. The van der Waals surface area contributed by atoms with Crippen molar-refractivity contribution in [1.82, 2.24) is 0 Å². The average molecular weight is 521 g/mol. The van der Waals surface area contributed by atoms with E-state index in [4.69, 9.17) is 0 Å². The van der Waals surface area contributed by atoms with E-state index in [2.05, 4.69) is 97.1 Å². The smallest absolute Gasteiger partial charge is 0.0846 e. The molecule has 0 aliphatic carbocycles. The zero-order valence-corrected chi connectivity index (χ0v) is 23.3. The second kappa shape index (κ2) is 8.63. The summed E-state index contributed by atoms with van der Waals surface area (Å²) in [6.07, 6.45) is 0. The quantitative estimate of drug-likeness (QED) is 0.227. The van der Waals surface area contributed by atoms with Crippen molar-refractivity contribution in [2.24, 2.45) is 0 Å². The average Bonchev–Trinajstić information content (AvgIpc) is 2.94. The van der Waals surface area contributed by atoms with Gasteiger partial charge in [0.2, 0.25) is 0 Å². The summed E-state index contributed by atoms with van der Waals surface area (Å²) < 4.78 is 0. The Hall–Kier alpha value is -4.24. The van der Waals surface area contributed by atoms with E-state index in [0.29, 0.717) is 0 Å². The highest BCUT2D eigenvalue weighted by Gasteiger charge is 2.29. The minimum atomic E-state index is -1.11. The van der Waals surface area contributed by atoms with Gasteiger partial charge in [0.1, 0.15) is 0 Å². The molecule has 2 heteroatoms. The van der Waals surface area contributed by atoms with E-state index < -0.39 is 11.2 Å². The van der Waals surface area contributed by atoms with Crippen LogP contribution in [0.3, 0.4) is 0 Å². The fourth-order valence-corrected chi connectivity index (χ4v) is 6.49. The second-order valence-corrected chi connectivity index (χ2v) is 12.1. The zero-order valence-electron chi connectivity index (χ0n) is 23.3. The van der Waals surface area contributed by atoms with Gasteiger partial charge in [-0.3, -0.25) is 0 Å². The maximum Gasteiger partial charge on any atom is 0.0846 e. The van der Waals surface area contributed by atoms with Crippen LogP contribution in [0.15, 0.2) is 109 Å². The summed E-state index contributed by atoms with van der Waals surface area (Å²) in [5.74, 6) is 0. The Morgan fingerprint density at radius 1 is 0.400 bits per heavy atom. The van der Waals surface area contributed by atoms with Crippen LogP contribution in [0.2, 0.25) is 0 Å². The van der Waals surface area contributed by atoms with Crippen molar-refractivity contribution in [3.8, 4) is 22.3 Å². The van der Waals surface area contributed by atoms with E-state index >= 15 is 0 Å². The standard InChI is InChI=1S/C38H32O2/c1-37(2,39)33-22-32(29-19-17-26-16-15-24-11-7-12-25-18-20-30(29)36(26)35(24)25)34(38(3,4)40)21-31(33)28-14-8-10-23-9-5-6-13-27(23)28/h5-22,39-40H,1-4H3. The molecule has 2 nitrogen and oxygen atoms in total. The van der Waals surface area contributed by atoms with Crippen molar-refractivity contribution in [2.45, 2.75) is 38.9 Å². The Morgan fingerprint density at radius 2 is 0.875 bits per heavy atom. The zero-order chi connectivity index (χ0) is 27.8. The topological polar surface area (TPSA) is 40.5 Å². The Balaban J connectivity index is 1.60. The third kappa shape index (κ3) is 3.79. The van der Waals surface area contributed by atoms with E-state index in [0.717, 1.165) is 49.5 Å². The van der Waals surface area contributed by atoms with Crippen molar-refractivity contribution < 1.29 is 10.2 Å². The van der Waals surface area contributed by atoms with E-state index in [1.165, 1.54) is 26.9 Å². The van der Waals surface area contributed by atoms with Crippen LogP contribution in [-0.2, 0) is 11.2 Å². The molecule has 7 rings (SSSR count). The molecule has 0 aliphatic rings. The van der Waals surface area contributed by atoms with Crippen LogP contribution in [0.5, 0.6) is 0 Å². The molecule has 0 spiro atoms. The molecule has 0 amide bonds. The number of aliphatic hydroxyl groups is 2. The molecule has 7 aromatic rings. The van der Waals surface area contributed by atoms with Gasteiger partial charge in [-0.2, -0.15) is 0 Å². The first-order chi connectivity index (χ1) is 19.1. The molecule has 2 N–H and O–H groups in total. The van der Waals surface area contributed by atoms with Gasteiger partial charge in [-0.15, -0.1) is 0 Å². The summed E-state index contributed by atoms with van der Waals surface area (Å²) >= 11 is 0. The van der Waals surface area contributed by atoms with Crippen molar-refractivity contribution in [3.05, 3.63) is 120 Å². The first kappa shape index (κ1) is 24.8. The molecule has 0 unspecified atom stereocenters. The Labute approximate surface area is 234 Å². The maximum atomic E-state index is 11.6. The summed E-state index contributed by atoms with van der Waals surface area (Å²) in [7, 11) is 0. The number of benzene rings is 7. The molecule has 0 atom stereocenters. The van der Waals surface area contributed by atoms with Crippen LogP contribution in [-0.4, -0.2) is 10.2 Å². The van der Waals surface area contributed by atoms with Crippen molar-refractivity contribution in [3.63, 3.8) is 0 Å². The van der Waals surface area contributed by atoms with Crippen LogP contribution < -0.4 is 0 Å². The first-order valence-corrected chi connectivity index (χ1v) is 13.9. The molecule has 0 saturated heterocycles. The van der Waals surface area contributed by atoms with Crippen LogP contribution in [0.1, 0.15) is 38.8 Å². The molecule has 0 bridgehead atoms. The van der Waals surface area contributed by atoms with Gasteiger partial charge in [0.15, 0.2) is 0 Å². The van der Waals surface area contributed by atoms with Gasteiger partial charge < -0.3 is 10.2 Å². The number of fused-ring (bicyclic) bond motifs is 1. The lowest BCUT2D eigenvalue weighted by Crippen LogP contribution is -2.21. The number of hydrogen-bond donors (Lipinski definition) is 2. The van der Waals surface area contributed by atoms with Gasteiger partial charge >= 0.3 is 0 Å². The molecule has 40 heavy (non-hydrogen) atoms. The van der Waals surface area contributed by atoms with Gasteiger partial charge in [-0.1, -0.05) is 97.1 Å². The largest absolute Gasteiger partial charge is 0.386 e. The monoisotopic (exact) mass is 520 g/mol. The van der Waals surface area contributed by atoms with Crippen molar-refractivity contribution >= 4 is 43.1 Å². The van der Waals surface area contributed by atoms with E-state index in [1.807, 2.05) is 39.8 Å². The summed E-state index contributed by atoms with van der Waals surface area (Å²) in [6, 6.07) is 38.4. The Morgan fingerprint density at radius 3 is 1.52 bits per heavy atom. The highest BCUT2D eigenvalue weighted by molar-refractivity contribution is 6.25. The molecular formula is C38H32O2. The minimum absolute atomic E-state index is 0.831. The highest BCUT2D eigenvalue weighted by Crippen LogP contribution is 2.46. The fourth-order valence-electron chi connectivity index (χ4n) is 6.49. The van der Waals surface area contributed by atoms with Crippen LogP contribution in [0.25, 0.3) is 65.3 Å². The lowest BCUT2D eigenvalue weighted by Gasteiger charge is -2.29. The first-order valence-electron chi connectivity index (χ1n) is 13.9. The Bertz CT molecular complexity index is 2050. The Kier molecular flexibility index (Phi) is 5.34. The highest BCUT2D eigenvalue weighted by atomic mass is 16.3. The second-order valence-electron chi connectivity index (χ2n) is 12.1. The molecule has 0 saturated carbocycles. The molecule has 0 aromatic heterocycles. The lowest BCUT2D eigenvalue weighted by atomic mass is 9.79. The van der Waals surface area contributed by atoms with E-state index in [9.17, 15) is 10.2 Å². The van der Waals surface area contributed by atoms with Gasteiger partial charge in [0.05, 0.1) is 11.2 Å². The predicted octanol–water partition coefficient (Wildman–Crippen LogP) is 9.53. The van der Waals surface area contributed by atoms with Gasteiger partial charge in [0.25, 0.3) is 0 Å². The summed E-state index contributed by atoms with van der Waals surface area (Å²) in [5.41, 5.74) is 3.41. The SMILES string of the molecule is CC(C)(O)c1cc(-c2ccc3ccc4cccc5ccc2c3c45)c(C(C)(C)O)cc1-c1cccc2ccccc12. The molecule has 0 fully saturated rings. The molecule has 0 aliphatic heterocycles. The molecule has 7 aromatic carbocycles. The number of rotatable bonds is 4. The third-order valence-corrected chi connectivity index (χ3v) is 8.37. The van der Waals surface area contributed by atoms with Crippen LogP contribution in [0, 0.1) is 0 Å².